The van der Waals surface area contributed by atoms with Gasteiger partial charge in [0, 0.05) is 6.42 Å². The molecule has 0 bridgehead atoms. The van der Waals surface area contributed by atoms with Crippen LogP contribution in [0.3, 0.4) is 0 Å². The van der Waals surface area contributed by atoms with Gasteiger partial charge in [0.2, 0.25) is 11.8 Å². The van der Waals surface area contributed by atoms with E-state index in [0.717, 1.165) is 4.90 Å². The molecule has 1 aliphatic heterocycles. The Morgan fingerprint density at radius 3 is 2.89 bits per heavy atom. The van der Waals surface area contributed by atoms with E-state index in [0.29, 0.717) is 12.0 Å². The molecule has 0 radical (unpaired) electrons. The van der Waals surface area contributed by atoms with Gasteiger partial charge in [-0.05, 0) is 34.0 Å². The molecule has 0 saturated carbocycles. The van der Waals surface area contributed by atoms with Crippen LogP contribution >= 0.6 is 15.9 Å². The Balaban J connectivity index is 2.24. The smallest absolute Gasteiger partial charge is 0.246 e. The summed E-state index contributed by atoms with van der Waals surface area (Å²) < 4.78 is 13.6. The Labute approximate surface area is 112 Å². The zero-order valence-electron chi connectivity index (χ0n) is 9.53. The highest BCUT2D eigenvalue weighted by molar-refractivity contribution is 9.10. The summed E-state index contributed by atoms with van der Waals surface area (Å²) in [6.45, 7) is 0.0453. The molecule has 18 heavy (non-hydrogen) atoms. The zero-order valence-corrected chi connectivity index (χ0v) is 11.1. The van der Waals surface area contributed by atoms with E-state index < -0.39 is 17.8 Å². The molecule has 1 saturated heterocycles. The molecule has 1 heterocycles. The number of piperidine rings is 1. The second-order valence-corrected chi connectivity index (χ2v) is 4.97. The molecular formula is C12H12BrFN2O2. The maximum atomic E-state index is 13.3. The molecule has 1 aromatic carbocycles. The first-order chi connectivity index (χ1) is 8.50. The number of carbonyl (C=O) groups is 2. The molecule has 2 rings (SSSR count). The Hall–Kier alpha value is -1.27. The quantitative estimate of drug-likeness (QED) is 0.843. The van der Waals surface area contributed by atoms with Crippen LogP contribution in [0.5, 0.6) is 0 Å². The first kappa shape index (κ1) is 13.2. The zero-order chi connectivity index (χ0) is 13.3. The summed E-state index contributed by atoms with van der Waals surface area (Å²) in [5.74, 6) is -1.09. The Bertz CT molecular complexity index is 507. The first-order valence-corrected chi connectivity index (χ1v) is 6.32. The average Bonchev–Trinajstić information content (AvgIpc) is 2.35. The van der Waals surface area contributed by atoms with E-state index in [-0.39, 0.29) is 23.3 Å². The molecule has 6 heteroatoms. The van der Waals surface area contributed by atoms with Gasteiger partial charge in [-0.2, -0.15) is 0 Å². The lowest BCUT2D eigenvalue weighted by atomic mass is 10.0. The fourth-order valence-corrected chi connectivity index (χ4v) is 2.26. The molecule has 0 aromatic heterocycles. The average molecular weight is 315 g/mol. The van der Waals surface area contributed by atoms with Crippen LogP contribution in [0.2, 0.25) is 0 Å². The summed E-state index contributed by atoms with van der Waals surface area (Å²) in [6, 6.07) is 3.86. The minimum Gasteiger partial charge on any atom is -0.320 e. The van der Waals surface area contributed by atoms with Crippen molar-refractivity contribution in [3.8, 4) is 0 Å². The van der Waals surface area contributed by atoms with Crippen molar-refractivity contribution in [3.05, 3.63) is 34.1 Å². The number of hydrogen-bond donors (Lipinski definition) is 1. The lowest BCUT2D eigenvalue weighted by Crippen LogP contribution is -2.50. The van der Waals surface area contributed by atoms with Crippen LogP contribution in [0, 0.1) is 5.82 Å². The minimum atomic E-state index is -0.643. The van der Waals surface area contributed by atoms with E-state index in [4.69, 9.17) is 5.73 Å². The summed E-state index contributed by atoms with van der Waals surface area (Å²) in [4.78, 5) is 24.6. The van der Waals surface area contributed by atoms with E-state index in [1.165, 1.54) is 12.1 Å². The summed E-state index contributed by atoms with van der Waals surface area (Å²) in [5, 5.41) is 0. The number of likely N-dealkylation sites (tertiary alicyclic amines) is 1. The van der Waals surface area contributed by atoms with Crippen LogP contribution < -0.4 is 5.73 Å². The predicted molar refractivity (Wildman–Crippen MR) is 66.9 cm³/mol. The van der Waals surface area contributed by atoms with Gasteiger partial charge in [-0.3, -0.25) is 14.5 Å². The maximum Gasteiger partial charge on any atom is 0.246 e. The molecule has 1 fully saturated rings. The number of amides is 2. The van der Waals surface area contributed by atoms with Gasteiger partial charge in [-0.15, -0.1) is 0 Å². The van der Waals surface area contributed by atoms with Crippen molar-refractivity contribution in [2.45, 2.75) is 25.4 Å². The van der Waals surface area contributed by atoms with Crippen molar-refractivity contribution in [2.24, 2.45) is 5.73 Å². The van der Waals surface area contributed by atoms with Crippen LogP contribution in [-0.4, -0.2) is 22.8 Å². The monoisotopic (exact) mass is 314 g/mol. The van der Waals surface area contributed by atoms with E-state index in [1.807, 2.05) is 0 Å². The molecule has 1 unspecified atom stereocenters. The molecule has 1 aliphatic rings. The molecule has 0 spiro atoms. The van der Waals surface area contributed by atoms with E-state index in [1.54, 1.807) is 6.07 Å². The van der Waals surface area contributed by atoms with Crippen LogP contribution in [0.4, 0.5) is 4.39 Å². The highest BCUT2D eigenvalue weighted by atomic mass is 79.9. The van der Waals surface area contributed by atoms with Gasteiger partial charge < -0.3 is 5.73 Å². The third kappa shape index (κ3) is 2.44. The van der Waals surface area contributed by atoms with Gasteiger partial charge in [0.05, 0.1) is 17.1 Å². The summed E-state index contributed by atoms with van der Waals surface area (Å²) in [7, 11) is 0. The molecular weight excluding hydrogens is 303 g/mol. The van der Waals surface area contributed by atoms with E-state index in [2.05, 4.69) is 15.9 Å². The predicted octanol–water partition coefficient (Wildman–Crippen LogP) is 1.56. The van der Waals surface area contributed by atoms with E-state index in [9.17, 15) is 14.0 Å². The molecule has 96 valence electrons. The van der Waals surface area contributed by atoms with Gasteiger partial charge in [0.25, 0.3) is 0 Å². The second kappa shape index (κ2) is 5.16. The van der Waals surface area contributed by atoms with Crippen LogP contribution in [0.1, 0.15) is 18.4 Å². The Morgan fingerprint density at radius 2 is 2.17 bits per heavy atom. The van der Waals surface area contributed by atoms with Crippen molar-refractivity contribution < 1.29 is 14.0 Å². The number of hydrogen-bond acceptors (Lipinski definition) is 3. The van der Waals surface area contributed by atoms with Crippen molar-refractivity contribution in [1.29, 1.82) is 0 Å². The highest BCUT2D eigenvalue weighted by Crippen LogP contribution is 2.23. The third-order valence-corrected chi connectivity index (χ3v) is 3.80. The summed E-state index contributed by atoms with van der Waals surface area (Å²) in [5.41, 5.74) is 6.17. The Morgan fingerprint density at radius 1 is 1.44 bits per heavy atom. The van der Waals surface area contributed by atoms with Gasteiger partial charge in [0.15, 0.2) is 0 Å². The number of carbonyl (C=O) groups excluding carboxylic acids is 2. The topological polar surface area (TPSA) is 63.4 Å². The number of rotatable bonds is 2. The van der Waals surface area contributed by atoms with Crippen molar-refractivity contribution in [3.63, 3.8) is 0 Å². The molecule has 1 aromatic rings. The standard InChI is InChI=1S/C12H12BrFN2O2/c13-11-7(2-1-3-8(11)14)6-16-10(17)5-4-9(15)12(16)18/h1-3,9H,4-6,15H2. The Kier molecular flexibility index (Phi) is 3.77. The van der Waals surface area contributed by atoms with Crippen LogP contribution in [0.25, 0.3) is 0 Å². The highest BCUT2D eigenvalue weighted by Gasteiger charge is 2.32. The normalized spacial score (nSPS) is 20.4. The number of nitrogens with zero attached hydrogens (tertiary/aromatic N) is 1. The van der Waals surface area contributed by atoms with Crippen LogP contribution in [-0.2, 0) is 16.1 Å². The summed E-state index contributed by atoms with van der Waals surface area (Å²) in [6.07, 6.45) is 0.623. The minimum absolute atomic E-state index is 0.0453. The first-order valence-electron chi connectivity index (χ1n) is 5.53. The molecule has 2 N–H and O–H groups in total. The SMILES string of the molecule is NC1CCC(=O)N(Cc2cccc(F)c2Br)C1=O. The number of nitrogens with two attached hydrogens (primary N) is 1. The fraction of sp³-hybridized carbons (Fsp3) is 0.333. The van der Waals surface area contributed by atoms with Crippen LogP contribution in [0.15, 0.2) is 22.7 Å². The molecule has 2 amide bonds. The maximum absolute atomic E-state index is 13.3. The van der Waals surface area contributed by atoms with Gasteiger partial charge in [0.1, 0.15) is 5.82 Å². The number of imide groups is 1. The number of halogens is 2. The lowest BCUT2D eigenvalue weighted by molar-refractivity contribution is -0.149. The van der Waals surface area contributed by atoms with Gasteiger partial charge in [-0.1, -0.05) is 12.1 Å². The molecule has 4 nitrogen and oxygen atoms in total. The molecule has 0 aliphatic carbocycles. The third-order valence-electron chi connectivity index (χ3n) is 2.91. The second-order valence-electron chi connectivity index (χ2n) is 4.18. The summed E-state index contributed by atoms with van der Waals surface area (Å²) >= 11 is 3.11. The van der Waals surface area contributed by atoms with Crippen molar-refractivity contribution in [2.75, 3.05) is 0 Å². The molecule has 1 atom stereocenters. The van der Waals surface area contributed by atoms with Gasteiger partial charge >= 0.3 is 0 Å². The fourth-order valence-electron chi connectivity index (χ4n) is 1.87. The largest absolute Gasteiger partial charge is 0.320 e. The van der Waals surface area contributed by atoms with Crippen molar-refractivity contribution in [1.82, 2.24) is 4.90 Å². The van der Waals surface area contributed by atoms with E-state index >= 15 is 0 Å². The van der Waals surface area contributed by atoms with Gasteiger partial charge in [-0.25, -0.2) is 4.39 Å². The van der Waals surface area contributed by atoms with Crippen molar-refractivity contribution >= 4 is 27.7 Å². The lowest BCUT2D eigenvalue weighted by Gasteiger charge is -2.29. The number of benzene rings is 1.